The van der Waals surface area contributed by atoms with Gasteiger partial charge in [0, 0.05) is 31.7 Å². The highest BCUT2D eigenvalue weighted by atomic mass is 19.1. The van der Waals surface area contributed by atoms with Crippen molar-refractivity contribution in [3.63, 3.8) is 0 Å². The molecule has 0 unspecified atom stereocenters. The Balaban J connectivity index is 1.68. The van der Waals surface area contributed by atoms with E-state index in [2.05, 4.69) is 4.90 Å². The summed E-state index contributed by atoms with van der Waals surface area (Å²) in [5.41, 5.74) is 0.922. The van der Waals surface area contributed by atoms with Crippen molar-refractivity contribution in [2.75, 3.05) is 46.5 Å². The lowest BCUT2D eigenvalue weighted by Gasteiger charge is -2.29. The fourth-order valence-electron chi connectivity index (χ4n) is 4.32. The molecule has 0 spiro atoms. The number of ether oxygens (including phenoxy) is 2. The minimum absolute atomic E-state index is 0.00812. The van der Waals surface area contributed by atoms with Gasteiger partial charge in [-0.1, -0.05) is 12.1 Å². The van der Waals surface area contributed by atoms with E-state index in [0.29, 0.717) is 37.5 Å². The van der Waals surface area contributed by atoms with Gasteiger partial charge in [-0.15, -0.1) is 0 Å². The molecule has 2 aliphatic heterocycles. The second-order valence-corrected chi connectivity index (χ2v) is 8.08. The third kappa shape index (κ3) is 4.91. The topological polar surface area (TPSA) is 79.3 Å². The van der Waals surface area contributed by atoms with Crippen LogP contribution in [0, 0.1) is 5.82 Å². The highest BCUT2D eigenvalue weighted by Gasteiger charge is 2.45. The second kappa shape index (κ2) is 10.1. The van der Waals surface area contributed by atoms with Crippen molar-refractivity contribution in [2.24, 2.45) is 0 Å². The number of methoxy groups -OCH3 is 1. The number of hydrogen-bond acceptors (Lipinski definition) is 6. The standard InChI is InChI=1S/C25H27FN2O5/c1-32-20-5-2-4-18(16-20)22-21(23(29)17-6-8-19(26)9-7-17)24(30)25(31)28(22)11-3-10-27-12-14-33-15-13-27/h2,4-9,16,22,29H,3,10-15H2,1H3/t22-/m0/s1. The minimum atomic E-state index is -0.769. The van der Waals surface area contributed by atoms with Crippen LogP contribution in [-0.4, -0.2) is 73.1 Å². The molecule has 2 saturated heterocycles. The number of ketones is 1. The summed E-state index contributed by atoms with van der Waals surface area (Å²) in [7, 11) is 1.54. The average molecular weight is 454 g/mol. The molecule has 0 aromatic heterocycles. The molecular formula is C25H27FN2O5. The average Bonchev–Trinajstić information content (AvgIpc) is 3.10. The maximum atomic E-state index is 13.4. The van der Waals surface area contributed by atoms with Gasteiger partial charge in [-0.05, 0) is 48.4 Å². The van der Waals surface area contributed by atoms with Crippen molar-refractivity contribution in [3.05, 3.63) is 71.0 Å². The van der Waals surface area contributed by atoms with Crippen LogP contribution in [0.3, 0.4) is 0 Å². The molecule has 2 heterocycles. The molecule has 8 heteroatoms. The molecule has 2 fully saturated rings. The predicted molar refractivity (Wildman–Crippen MR) is 120 cm³/mol. The van der Waals surface area contributed by atoms with Gasteiger partial charge < -0.3 is 19.5 Å². The van der Waals surface area contributed by atoms with Crippen molar-refractivity contribution in [3.8, 4) is 5.75 Å². The molecule has 33 heavy (non-hydrogen) atoms. The van der Waals surface area contributed by atoms with Crippen LogP contribution in [0.4, 0.5) is 4.39 Å². The Hall–Kier alpha value is -3.23. The first kappa shape index (κ1) is 22.9. The maximum Gasteiger partial charge on any atom is 0.295 e. The summed E-state index contributed by atoms with van der Waals surface area (Å²) in [6.07, 6.45) is 0.671. The van der Waals surface area contributed by atoms with Gasteiger partial charge in [-0.2, -0.15) is 0 Å². The Bertz CT molecular complexity index is 1050. The molecular weight excluding hydrogens is 427 g/mol. The summed E-state index contributed by atoms with van der Waals surface area (Å²) in [5, 5.41) is 11.0. The number of carbonyl (C=O) groups excluding carboxylic acids is 2. The molecule has 0 radical (unpaired) electrons. The van der Waals surface area contributed by atoms with Crippen LogP contribution in [0.5, 0.6) is 5.75 Å². The van der Waals surface area contributed by atoms with Crippen LogP contribution in [0.1, 0.15) is 23.6 Å². The first-order chi connectivity index (χ1) is 16.0. The van der Waals surface area contributed by atoms with Crippen molar-refractivity contribution >= 4 is 17.4 Å². The van der Waals surface area contributed by atoms with Crippen LogP contribution in [0.2, 0.25) is 0 Å². The number of rotatable bonds is 7. The number of likely N-dealkylation sites (tertiary alicyclic amines) is 1. The zero-order valence-corrected chi connectivity index (χ0v) is 18.5. The van der Waals surface area contributed by atoms with E-state index in [1.54, 1.807) is 24.3 Å². The molecule has 2 aromatic carbocycles. The smallest absolute Gasteiger partial charge is 0.295 e. The number of morpholine rings is 1. The van der Waals surface area contributed by atoms with Gasteiger partial charge in [0.15, 0.2) is 0 Å². The van der Waals surface area contributed by atoms with E-state index in [0.717, 1.165) is 19.6 Å². The van der Waals surface area contributed by atoms with Gasteiger partial charge in [-0.25, -0.2) is 4.39 Å². The molecule has 2 aliphatic rings. The van der Waals surface area contributed by atoms with Crippen LogP contribution >= 0.6 is 0 Å². The van der Waals surface area contributed by atoms with E-state index in [4.69, 9.17) is 9.47 Å². The number of aliphatic hydroxyl groups excluding tert-OH is 1. The number of Topliss-reactive ketones (excluding diaryl/α,β-unsaturated/α-hetero) is 1. The van der Waals surface area contributed by atoms with E-state index >= 15 is 0 Å². The summed E-state index contributed by atoms with van der Waals surface area (Å²) < 4.78 is 24.1. The van der Waals surface area contributed by atoms with Gasteiger partial charge in [0.25, 0.3) is 11.7 Å². The fourth-order valence-corrected chi connectivity index (χ4v) is 4.32. The largest absolute Gasteiger partial charge is 0.507 e. The Morgan fingerprint density at radius 2 is 1.85 bits per heavy atom. The Kier molecular flexibility index (Phi) is 7.05. The normalized spacial score (nSPS) is 20.9. The molecule has 2 aromatic rings. The number of nitrogens with zero attached hydrogens (tertiary/aromatic N) is 2. The Labute approximate surface area is 192 Å². The third-order valence-electron chi connectivity index (χ3n) is 6.04. The van der Waals surface area contributed by atoms with Crippen LogP contribution in [0.25, 0.3) is 5.76 Å². The molecule has 1 N–H and O–H groups in total. The number of amides is 1. The van der Waals surface area contributed by atoms with E-state index in [9.17, 15) is 19.1 Å². The molecule has 1 amide bonds. The van der Waals surface area contributed by atoms with Gasteiger partial charge in [0.1, 0.15) is 17.3 Å². The number of hydrogen-bond donors (Lipinski definition) is 1. The summed E-state index contributed by atoms with van der Waals surface area (Å²) in [6, 6.07) is 11.5. The highest BCUT2D eigenvalue weighted by molar-refractivity contribution is 6.46. The quantitative estimate of drug-likeness (QED) is 0.394. The lowest BCUT2D eigenvalue weighted by Crippen LogP contribution is -2.38. The molecule has 4 rings (SSSR count). The SMILES string of the molecule is COc1cccc([C@H]2C(=C(O)c3ccc(F)cc3)C(=O)C(=O)N2CCCN2CCOCC2)c1. The first-order valence-corrected chi connectivity index (χ1v) is 11.0. The first-order valence-electron chi connectivity index (χ1n) is 11.0. The number of benzene rings is 2. The Morgan fingerprint density at radius 3 is 2.55 bits per heavy atom. The summed E-state index contributed by atoms with van der Waals surface area (Å²) in [4.78, 5) is 29.9. The van der Waals surface area contributed by atoms with Crippen molar-refractivity contribution < 1.29 is 28.6 Å². The molecule has 0 saturated carbocycles. The maximum absolute atomic E-state index is 13.4. The fraction of sp³-hybridized carbons (Fsp3) is 0.360. The van der Waals surface area contributed by atoms with Gasteiger partial charge >= 0.3 is 0 Å². The minimum Gasteiger partial charge on any atom is -0.507 e. The lowest BCUT2D eigenvalue weighted by atomic mass is 9.95. The molecule has 174 valence electrons. The van der Waals surface area contributed by atoms with Gasteiger partial charge in [0.2, 0.25) is 0 Å². The monoisotopic (exact) mass is 454 g/mol. The lowest BCUT2D eigenvalue weighted by molar-refractivity contribution is -0.140. The molecule has 0 bridgehead atoms. The second-order valence-electron chi connectivity index (χ2n) is 8.08. The third-order valence-corrected chi connectivity index (χ3v) is 6.04. The zero-order chi connectivity index (χ0) is 23.4. The number of aliphatic hydroxyl groups is 1. The van der Waals surface area contributed by atoms with Crippen LogP contribution < -0.4 is 4.74 Å². The molecule has 0 aliphatic carbocycles. The van der Waals surface area contributed by atoms with Crippen molar-refractivity contribution in [2.45, 2.75) is 12.5 Å². The summed E-state index contributed by atoms with van der Waals surface area (Å²) in [6.45, 7) is 4.17. The highest BCUT2D eigenvalue weighted by Crippen LogP contribution is 2.40. The number of carbonyl (C=O) groups is 2. The van der Waals surface area contributed by atoms with Gasteiger partial charge in [-0.3, -0.25) is 14.5 Å². The molecule has 7 nitrogen and oxygen atoms in total. The number of halogens is 1. The van der Waals surface area contributed by atoms with E-state index < -0.39 is 23.5 Å². The zero-order valence-electron chi connectivity index (χ0n) is 18.5. The van der Waals surface area contributed by atoms with E-state index in [1.807, 2.05) is 0 Å². The summed E-state index contributed by atoms with van der Waals surface area (Å²) in [5.74, 6) is -1.62. The van der Waals surface area contributed by atoms with E-state index in [1.165, 1.54) is 36.3 Å². The summed E-state index contributed by atoms with van der Waals surface area (Å²) >= 11 is 0. The van der Waals surface area contributed by atoms with Crippen molar-refractivity contribution in [1.82, 2.24) is 9.80 Å². The van der Waals surface area contributed by atoms with Gasteiger partial charge in [0.05, 0.1) is 31.9 Å². The van der Waals surface area contributed by atoms with E-state index in [-0.39, 0.29) is 16.9 Å². The van der Waals surface area contributed by atoms with Crippen molar-refractivity contribution in [1.29, 1.82) is 0 Å². The van der Waals surface area contributed by atoms with Crippen LogP contribution in [-0.2, 0) is 14.3 Å². The van der Waals surface area contributed by atoms with Crippen LogP contribution in [0.15, 0.2) is 54.1 Å². The molecule has 1 atom stereocenters. The Morgan fingerprint density at radius 1 is 1.12 bits per heavy atom. The predicted octanol–water partition coefficient (Wildman–Crippen LogP) is 2.98.